The first-order chi connectivity index (χ1) is 7.58. The van der Waals surface area contributed by atoms with E-state index >= 15 is 0 Å². The summed E-state index contributed by atoms with van der Waals surface area (Å²) in [5.41, 5.74) is -0.252. The summed E-state index contributed by atoms with van der Waals surface area (Å²) in [6.45, 7) is 4.35. The highest BCUT2D eigenvalue weighted by Gasteiger charge is 2.29. The second-order valence-corrected chi connectivity index (χ2v) is 4.19. The molecule has 0 bridgehead atoms. The molecule has 0 aliphatic heterocycles. The predicted octanol–water partition coefficient (Wildman–Crippen LogP) is 1.95. The molecule has 0 aliphatic rings. The molecule has 0 spiro atoms. The van der Waals surface area contributed by atoms with E-state index in [1.54, 1.807) is 7.11 Å². The van der Waals surface area contributed by atoms with Crippen molar-refractivity contribution in [3.63, 3.8) is 0 Å². The van der Waals surface area contributed by atoms with Crippen LogP contribution < -0.4 is 0 Å². The van der Waals surface area contributed by atoms with E-state index in [0.29, 0.717) is 0 Å². The van der Waals surface area contributed by atoms with E-state index in [0.717, 1.165) is 5.56 Å². The Labute approximate surface area is 97.0 Å². The van der Waals surface area contributed by atoms with E-state index < -0.39 is 5.60 Å². The largest absolute Gasteiger partial charge is 0.381 e. The quantitative estimate of drug-likeness (QED) is 0.802. The minimum absolute atomic E-state index is 0.0899. The zero-order valence-electron chi connectivity index (χ0n) is 10.1. The lowest BCUT2D eigenvalue weighted by atomic mass is 9.95. The monoisotopic (exact) mass is 224 g/mol. The molecule has 16 heavy (non-hydrogen) atoms. The molecule has 1 atom stereocenters. The fourth-order valence-electron chi connectivity index (χ4n) is 1.50. The molecule has 3 heteroatoms. The summed E-state index contributed by atoms with van der Waals surface area (Å²) in [7, 11) is 1.57. The summed E-state index contributed by atoms with van der Waals surface area (Å²) in [5, 5.41) is 10.5. The van der Waals surface area contributed by atoms with Crippen LogP contribution >= 0.6 is 0 Å². The van der Waals surface area contributed by atoms with Crippen LogP contribution in [0.25, 0.3) is 0 Å². The van der Waals surface area contributed by atoms with Gasteiger partial charge in [-0.25, -0.2) is 0 Å². The SMILES string of the molecule is COCC(O)(COC(C)C)c1ccccc1. The highest BCUT2D eigenvalue weighted by atomic mass is 16.5. The summed E-state index contributed by atoms with van der Waals surface area (Å²) in [6, 6.07) is 9.46. The van der Waals surface area contributed by atoms with Crippen LogP contribution in [0.2, 0.25) is 0 Å². The molecule has 1 unspecified atom stereocenters. The maximum Gasteiger partial charge on any atom is 0.136 e. The van der Waals surface area contributed by atoms with Crippen LogP contribution in [0.4, 0.5) is 0 Å². The van der Waals surface area contributed by atoms with E-state index in [1.165, 1.54) is 0 Å². The molecule has 0 aliphatic carbocycles. The van der Waals surface area contributed by atoms with Gasteiger partial charge in [0.2, 0.25) is 0 Å². The van der Waals surface area contributed by atoms with E-state index in [1.807, 2.05) is 44.2 Å². The number of benzene rings is 1. The average Bonchev–Trinajstić information content (AvgIpc) is 2.28. The summed E-state index contributed by atoms with van der Waals surface area (Å²) < 4.78 is 10.5. The lowest BCUT2D eigenvalue weighted by molar-refractivity contribution is -0.104. The number of methoxy groups -OCH3 is 1. The first-order valence-corrected chi connectivity index (χ1v) is 5.47. The van der Waals surface area contributed by atoms with E-state index in [2.05, 4.69) is 0 Å². The van der Waals surface area contributed by atoms with Gasteiger partial charge < -0.3 is 14.6 Å². The smallest absolute Gasteiger partial charge is 0.136 e. The highest BCUT2D eigenvalue weighted by molar-refractivity contribution is 5.22. The van der Waals surface area contributed by atoms with Crippen molar-refractivity contribution in [3.8, 4) is 0 Å². The Balaban J connectivity index is 2.79. The van der Waals surface area contributed by atoms with Gasteiger partial charge in [0.05, 0.1) is 19.3 Å². The second-order valence-electron chi connectivity index (χ2n) is 4.19. The van der Waals surface area contributed by atoms with E-state index in [4.69, 9.17) is 9.47 Å². The van der Waals surface area contributed by atoms with Crippen LogP contribution in [0, 0.1) is 0 Å². The maximum atomic E-state index is 10.5. The first-order valence-electron chi connectivity index (χ1n) is 5.47. The standard InChI is InChI=1S/C13H20O3/c1-11(2)16-10-13(14,9-15-3)12-7-5-4-6-8-12/h4-8,11,14H,9-10H2,1-3H3. The molecule has 0 saturated heterocycles. The first kappa shape index (κ1) is 13.2. The molecule has 0 fully saturated rings. The van der Waals surface area contributed by atoms with Gasteiger partial charge in [-0.05, 0) is 19.4 Å². The summed E-state index contributed by atoms with van der Waals surface area (Å²) in [4.78, 5) is 0. The summed E-state index contributed by atoms with van der Waals surface area (Å²) in [6.07, 6.45) is 0.0899. The lowest BCUT2D eigenvalue weighted by Gasteiger charge is -2.28. The number of hydrogen-bond donors (Lipinski definition) is 1. The second kappa shape index (κ2) is 5.99. The number of ether oxygens (including phenoxy) is 2. The van der Waals surface area contributed by atoms with Gasteiger partial charge in [-0.15, -0.1) is 0 Å². The average molecular weight is 224 g/mol. The van der Waals surface area contributed by atoms with Gasteiger partial charge >= 0.3 is 0 Å². The van der Waals surface area contributed by atoms with Crippen molar-refractivity contribution in [3.05, 3.63) is 35.9 Å². The van der Waals surface area contributed by atoms with Gasteiger partial charge in [0, 0.05) is 7.11 Å². The molecule has 3 nitrogen and oxygen atoms in total. The van der Waals surface area contributed by atoms with Crippen molar-refractivity contribution < 1.29 is 14.6 Å². The van der Waals surface area contributed by atoms with Crippen molar-refractivity contribution >= 4 is 0 Å². The maximum absolute atomic E-state index is 10.5. The van der Waals surface area contributed by atoms with Crippen molar-refractivity contribution in [2.45, 2.75) is 25.6 Å². The van der Waals surface area contributed by atoms with Gasteiger partial charge in [-0.3, -0.25) is 0 Å². The fourth-order valence-corrected chi connectivity index (χ4v) is 1.50. The molecule has 90 valence electrons. The van der Waals surface area contributed by atoms with Gasteiger partial charge in [-0.1, -0.05) is 30.3 Å². The summed E-state index contributed by atoms with van der Waals surface area (Å²) in [5.74, 6) is 0. The Morgan fingerprint density at radius 1 is 1.19 bits per heavy atom. The molecule has 1 rings (SSSR count). The highest BCUT2D eigenvalue weighted by Crippen LogP contribution is 2.22. The zero-order valence-corrected chi connectivity index (χ0v) is 10.1. The molecular formula is C13H20O3. The van der Waals surface area contributed by atoms with Crippen molar-refractivity contribution in [1.82, 2.24) is 0 Å². The third kappa shape index (κ3) is 3.59. The summed E-state index contributed by atoms with van der Waals surface area (Å²) >= 11 is 0. The molecule has 0 radical (unpaired) electrons. The zero-order chi connectivity index (χ0) is 12.0. The van der Waals surface area contributed by atoms with Crippen molar-refractivity contribution in [2.75, 3.05) is 20.3 Å². The molecule has 0 saturated carbocycles. The van der Waals surface area contributed by atoms with E-state index in [9.17, 15) is 5.11 Å². The van der Waals surface area contributed by atoms with Crippen LogP contribution in [0.15, 0.2) is 30.3 Å². The predicted molar refractivity (Wildman–Crippen MR) is 63.3 cm³/mol. The van der Waals surface area contributed by atoms with Gasteiger partial charge in [0.15, 0.2) is 0 Å². The lowest BCUT2D eigenvalue weighted by Crippen LogP contribution is -2.37. The molecule has 1 aromatic rings. The normalized spacial score (nSPS) is 15.1. The molecule has 0 aromatic heterocycles. The molecule has 1 N–H and O–H groups in total. The molecule has 1 aromatic carbocycles. The van der Waals surface area contributed by atoms with Gasteiger partial charge in [-0.2, -0.15) is 0 Å². The minimum atomic E-state index is -1.07. The molecule has 0 amide bonds. The van der Waals surface area contributed by atoms with Crippen LogP contribution in [-0.4, -0.2) is 31.5 Å². The topological polar surface area (TPSA) is 38.7 Å². The van der Waals surface area contributed by atoms with Crippen molar-refractivity contribution in [1.29, 1.82) is 0 Å². The Morgan fingerprint density at radius 3 is 2.31 bits per heavy atom. The Kier molecular flexibility index (Phi) is 4.93. The minimum Gasteiger partial charge on any atom is -0.381 e. The molecular weight excluding hydrogens is 204 g/mol. The van der Waals surface area contributed by atoms with Crippen molar-refractivity contribution in [2.24, 2.45) is 0 Å². The fraction of sp³-hybridized carbons (Fsp3) is 0.538. The van der Waals surface area contributed by atoms with Gasteiger partial charge in [0.25, 0.3) is 0 Å². The number of rotatable bonds is 6. The van der Waals surface area contributed by atoms with Crippen LogP contribution in [0.3, 0.4) is 0 Å². The third-order valence-electron chi connectivity index (χ3n) is 2.35. The van der Waals surface area contributed by atoms with Crippen LogP contribution in [-0.2, 0) is 15.1 Å². The number of hydrogen-bond acceptors (Lipinski definition) is 3. The Bertz CT molecular complexity index is 297. The van der Waals surface area contributed by atoms with Crippen LogP contribution in [0.5, 0.6) is 0 Å². The molecule has 0 heterocycles. The van der Waals surface area contributed by atoms with E-state index in [-0.39, 0.29) is 19.3 Å². The number of aliphatic hydroxyl groups is 1. The van der Waals surface area contributed by atoms with Crippen LogP contribution in [0.1, 0.15) is 19.4 Å². The van der Waals surface area contributed by atoms with Gasteiger partial charge in [0.1, 0.15) is 5.60 Å². The third-order valence-corrected chi connectivity index (χ3v) is 2.35. The Hall–Kier alpha value is -0.900. The Morgan fingerprint density at radius 2 is 1.81 bits per heavy atom.